The first-order chi connectivity index (χ1) is 14.4. The zero-order chi connectivity index (χ0) is 28.2. The van der Waals surface area contributed by atoms with Crippen molar-refractivity contribution in [2.75, 3.05) is 7.11 Å². The molecule has 0 heterocycles. The Morgan fingerprint density at radius 2 is 0.794 bits per heavy atom. The molecule has 204 valence electrons. The maximum Gasteiger partial charge on any atom is 0.460 e. The molecule has 0 radical (unpaired) electrons. The molecule has 4 nitrogen and oxygen atoms in total. The van der Waals surface area contributed by atoms with Gasteiger partial charge in [-0.2, -0.15) is 83.4 Å². The lowest BCUT2D eigenvalue weighted by Gasteiger charge is -2.40. The molecule has 0 aromatic rings. The third-order valence-electron chi connectivity index (χ3n) is 3.18. The largest absolute Gasteiger partial charge is 0.463 e. The zero-order valence-corrected chi connectivity index (χ0v) is 14.8. The summed E-state index contributed by atoms with van der Waals surface area (Å²) < 4.78 is 249. The van der Waals surface area contributed by atoms with Gasteiger partial charge in [0.1, 0.15) is 0 Å². The van der Waals surface area contributed by atoms with Crippen molar-refractivity contribution >= 4 is 5.97 Å². The Morgan fingerprint density at radius 3 is 1.12 bits per heavy atom. The van der Waals surface area contributed by atoms with E-state index in [0.717, 1.165) is 0 Å². The minimum absolute atomic E-state index is 0.0416. The molecule has 0 atom stereocenters. The minimum Gasteiger partial charge on any atom is -0.463 e. The Bertz CT molecular complexity index is 754. The highest BCUT2D eigenvalue weighted by molar-refractivity contribution is 5.75. The van der Waals surface area contributed by atoms with Gasteiger partial charge in [-0.15, -0.1) is 0 Å². The van der Waals surface area contributed by atoms with Gasteiger partial charge in [-0.05, 0) is 0 Å². The second kappa shape index (κ2) is 8.33. The fourth-order valence-electron chi connectivity index (χ4n) is 1.42. The van der Waals surface area contributed by atoms with Crippen molar-refractivity contribution in [2.24, 2.45) is 0 Å². The van der Waals surface area contributed by atoms with Gasteiger partial charge in [-0.25, -0.2) is 14.3 Å². The van der Waals surface area contributed by atoms with Gasteiger partial charge < -0.3 is 4.74 Å². The normalized spacial score (nSPS) is 16.0. The Hall–Kier alpha value is -1.94. The summed E-state index contributed by atoms with van der Waals surface area (Å²) in [4.78, 5) is 10.4. The average Bonchev–Trinajstić information content (AvgIpc) is 2.57. The Balaban J connectivity index is 6.39. The molecule has 0 aromatic heterocycles. The van der Waals surface area contributed by atoms with Crippen molar-refractivity contribution in [3.8, 4) is 0 Å². The van der Waals surface area contributed by atoms with Crippen molar-refractivity contribution < 1.29 is 102 Å². The molecule has 0 aromatic carbocycles. The van der Waals surface area contributed by atoms with Gasteiger partial charge in [-0.1, -0.05) is 0 Å². The van der Waals surface area contributed by atoms with Crippen molar-refractivity contribution in [3.05, 3.63) is 0 Å². The van der Waals surface area contributed by atoms with Crippen molar-refractivity contribution in [1.29, 1.82) is 0 Å². The van der Waals surface area contributed by atoms with Crippen LogP contribution in [0.3, 0.4) is 0 Å². The van der Waals surface area contributed by atoms with E-state index in [1.165, 1.54) is 4.74 Å². The quantitative estimate of drug-likeness (QED) is 0.256. The van der Waals surface area contributed by atoms with Gasteiger partial charge in [0.2, 0.25) is 0 Å². The summed E-state index contributed by atoms with van der Waals surface area (Å²) >= 11 is 0. The molecule has 0 bridgehead atoms. The van der Waals surface area contributed by atoms with E-state index in [9.17, 15) is 88.2 Å². The summed E-state index contributed by atoms with van der Waals surface area (Å²) in [5.41, 5.74) is 0. The highest BCUT2D eigenvalue weighted by atomic mass is 19.4. The molecule has 34 heavy (non-hydrogen) atoms. The predicted octanol–water partition coefficient (Wildman–Crippen LogP) is 5.67. The molecule has 0 fully saturated rings. The average molecular weight is 560 g/mol. The molecule has 0 unspecified atom stereocenters. The molecule has 0 saturated heterocycles. The lowest BCUT2D eigenvalue weighted by Crippen LogP contribution is -2.71. The van der Waals surface area contributed by atoms with Crippen LogP contribution in [-0.2, 0) is 19.0 Å². The van der Waals surface area contributed by atoms with E-state index in [1.807, 2.05) is 0 Å². The maximum atomic E-state index is 13.2. The Morgan fingerprint density at radius 1 is 0.471 bits per heavy atom. The summed E-state index contributed by atoms with van der Waals surface area (Å²) in [7, 11) is -0.0416. The van der Waals surface area contributed by atoms with Crippen LogP contribution in [0, 0.1) is 0 Å². The summed E-state index contributed by atoms with van der Waals surface area (Å²) in [5, 5.41) is 0. The predicted molar refractivity (Wildman–Crippen MR) is 59.8 cm³/mol. The zero-order valence-electron chi connectivity index (χ0n) is 14.8. The third kappa shape index (κ3) is 4.89. The van der Waals surface area contributed by atoms with E-state index in [2.05, 4.69) is 4.74 Å². The van der Waals surface area contributed by atoms with Gasteiger partial charge in [0.25, 0.3) is 0 Å². The Labute approximate surface area is 171 Å². The van der Waals surface area contributed by atoms with Crippen LogP contribution in [0.4, 0.5) is 83.4 Å². The molecule has 0 aliphatic heterocycles. The fraction of sp³-hybridized carbons (Fsp3) is 0.909. The van der Waals surface area contributed by atoms with Gasteiger partial charge in [-0.3, -0.25) is 0 Å². The van der Waals surface area contributed by atoms with E-state index in [1.54, 1.807) is 4.74 Å². The van der Waals surface area contributed by atoms with Crippen LogP contribution in [0.25, 0.3) is 0 Å². The number of hydrogen-bond donors (Lipinski definition) is 0. The second-order valence-electron chi connectivity index (χ2n) is 5.56. The lowest BCUT2D eigenvalue weighted by molar-refractivity contribution is -0.541. The lowest BCUT2D eigenvalue weighted by atomic mass is 9.97. The summed E-state index contributed by atoms with van der Waals surface area (Å²) in [5.74, 6) is -37.5. The second-order valence-corrected chi connectivity index (χ2v) is 5.56. The molecule has 0 saturated carbocycles. The molecule has 0 spiro atoms. The van der Waals surface area contributed by atoms with Crippen LogP contribution in [0.1, 0.15) is 0 Å². The van der Waals surface area contributed by atoms with Crippen molar-refractivity contribution in [3.63, 3.8) is 0 Å². The molecule has 0 amide bonds. The topological polar surface area (TPSA) is 44.8 Å². The van der Waals surface area contributed by atoms with E-state index in [-0.39, 0.29) is 7.11 Å². The molecule has 0 aliphatic carbocycles. The first-order valence-corrected chi connectivity index (χ1v) is 6.97. The molecular weight excluding hydrogens is 557 g/mol. The number of hydrogen-bond acceptors (Lipinski definition) is 4. The summed E-state index contributed by atoms with van der Waals surface area (Å²) in [6.45, 7) is 0. The standard InChI is InChI=1S/C11H3F19O4/c1-32-2(31)3(12,13)33-10(27,28)11(29,30)34-9(25,26)7(20,21)5(16,17)4(14,15)6(18,19)8(22,23)24/h1H3. The van der Waals surface area contributed by atoms with Gasteiger partial charge in [0.15, 0.2) is 0 Å². The van der Waals surface area contributed by atoms with Crippen molar-refractivity contribution in [1.82, 2.24) is 0 Å². The van der Waals surface area contributed by atoms with Crippen LogP contribution < -0.4 is 0 Å². The van der Waals surface area contributed by atoms with Crippen LogP contribution in [0.15, 0.2) is 0 Å². The van der Waals surface area contributed by atoms with Crippen LogP contribution >= 0.6 is 0 Å². The third-order valence-corrected chi connectivity index (χ3v) is 3.18. The maximum absolute atomic E-state index is 13.2. The Kier molecular flexibility index (Phi) is 7.85. The number of alkyl halides is 19. The number of carbonyl (C=O) groups is 1. The minimum atomic E-state index is -8.72. The highest BCUT2D eigenvalue weighted by Crippen LogP contribution is 2.61. The number of esters is 1. The van der Waals surface area contributed by atoms with Crippen LogP contribution in [0.2, 0.25) is 0 Å². The highest BCUT2D eigenvalue weighted by Gasteiger charge is 2.92. The number of ether oxygens (including phenoxy) is 3. The van der Waals surface area contributed by atoms with Crippen LogP contribution in [0.5, 0.6) is 0 Å². The van der Waals surface area contributed by atoms with Gasteiger partial charge in [0.05, 0.1) is 7.11 Å². The number of rotatable bonds is 10. The summed E-state index contributed by atoms with van der Waals surface area (Å²) in [6, 6.07) is 0. The molecule has 0 aliphatic rings. The first-order valence-electron chi connectivity index (χ1n) is 6.97. The van der Waals surface area contributed by atoms with E-state index in [0.29, 0.717) is 0 Å². The number of carbonyl (C=O) groups excluding carboxylic acids is 1. The molecule has 0 N–H and O–H groups in total. The summed E-state index contributed by atoms with van der Waals surface area (Å²) in [6.07, 6.45) is -37.5. The van der Waals surface area contributed by atoms with Gasteiger partial charge >= 0.3 is 60.3 Å². The molecule has 23 heteroatoms. The number of methoxy groups -OCH3 is 1. The fourth-order valence-corrected chi connectivity index (χ4v) is 1.42. The smallest absolute Gasteiger partial charge is 0.460 e. The molecular formula is C11H3F19O4. The van der Waals surface area contributed by atoms with Gasteiger partial charge in [0, 0.05) is 0 Å². The van der Waals surface area contributed by atoms with Crippen molar-refractivity contribution in [2.45, 2.75) is 54.3 Å². The number of halogens is 19. The monoisotopic (exact) mass is 560 g/mol. The molecule has 0 rings (SSSR count). The van der Waals surface area contributed by atoms with Crippen LogP contribution in [-0.4, -0.2) is 67.4 Å². The SMILES string of the molecule is COC(=O)C(F)(F)OC(F)(F)C(F)(F)OC(F)(F)C(F)(F)C(F)(F)C(F)(F)C(F)(F)C(F)(F)F. The van der Waals surface area contributed by atoms with E-state index in [4.69, 9.17) is 0 Å². The van der Waals surface area contributed by atoms with E-state index >= 15 is 0 Å². The van der Waals surface area contributed by atoms with E-state index < -0.39 is 60.3 Å². The first kappa shape index (κ1) is 32.1.